The van der Waals surface area contributed by atoms with Crippen molar-refractivity contribution in [2.45, 2.75) is 284 Å². The van der Waals surface area contributed by atoms with Crippen LogP contribution in [0.3, 0.4) is 0 Å². The standard InChI is InChI=1S/C63H108O6/c1-4-7-10-13-16-19-22-25-28-30-31-32-33-34-36-38-41-44-47-50-53-56-62(65)68-59-60(58-67-61(64)55-52-49-46-43-40-37-27-24-21-18-15-12-9-6-3)69-63(66)57-54-51-48-45-42-39-35-29-26-23-20-17-14-11-8-5-2/h7,10,16,19,25,28-29,31-32,34-36,41,44,60H,4-6,8-9,11-15,17-18,20-24,26-27,30,33,37-40,42-43,45-59H2,1-3H3/b10-7-,19-16-,28-25-,32-31-,35-29-,36-34-,44-41-. The van der Waals surface area contributed by atoms with Crippen LogP contribution >= 0.6 is 0 Å². The van der Waals surface area contributed by atoms with Crippen molar-refractivity contribution in [3.63, 3.8) is 0 Å². The summed E-state index contributed by atoms with van der Waals surface area (Å²) >= 11 is 0. The normalized spacial score (nSPS) is 12.7. The van der Waals surface area contributed by atoms with E-state index in [0.717, 1.165) is 109 Å². The number of hydrogen-bond acceptors (Lipinski definition) is 6. The third-order valence-corrected chi connectivity index (χ3v) is 12.4. The van der Waals surface area contributed by atoms with Crippen molar-refractivity contribution in [2.24, 2.45) is 0 Å². The zero-order valence-corrected chi connectivity index (χ0v) is 45.3. The maximum Gasteiger partial charge on any atom is 0.306 e. The molecule has 0 spiro atoms. The van der Waals surface area contributed by atoms with E-state index in [-0.39, 0.29) is 31.1 Å². The molecule has 0 radical (unpaired) electrons. The minimum Gasteiger partial charge on any atom is -0.462 e. The number of esters is 3. The Labute approximate surface area is 426 Å². The molecule has 1 atom stereocenters. The number of rotatable bonds is 52. The number of allylic oxidation sites excluding steroid dienone is 14. The van der Waals surface area contributed by atoms with E-state index in [1.807, 2.05) is 0 Å². The van der Waals surface area contributed by atoms with Gasteiger partial charge in [0, 0.05) is 19.3 Å². The molecular formula is C63H108O6. The molecule has 0 aromatic rings. The van der Waals surface area contributed by atoms with Crippen molar-refractivity contribution in [1.82, 2.24) is 0 Å². The molecule has 0 amide bonds. The van der Waals surface area contributed by atoms with Gasteiger partial charge in [0.15, 0.2) is 6.10 Å². The quantitative estimate of drug-likeness (QED) is 0.0262. The van der Waals surface area contributed by atoms with Gasteiger partial charge >= 0.3 is 17.9 Å². The molecule has 0 aromatic carbocycles. The molecule has 0 rings (SSSR count). The topological polar surface area (TPSA) is 78.9 Å². The summed E-state index contributed by atoms with van der Waals surface area (Å²) in [6.07, 6.45) is 74.3. The molecule has 0 saturated carbocycles. The Balaban J connectivity index is 4.46. The van der Waals surface area contributed by atoms with Crippen LogP contribution in [0.2, 0.25) is 0 Å². The van der Waals surface area contributed by atoms with Crippen molar-refractivity contribution in [2.75, 3.05) is 13.2 Å². The number of ether oxygens (including phenoxy) is 3. The fraction of sp³-hybridized carbons (Fsp3) is 0.730. The Kier molecular flexibility index (Phi) is 54.3. The zero-order chi connectivity index (χ0) is 50.0. The SMILES string of the molecule is CC/C=C\C/C=C\C/C=C\C/C=C\C/C=C\C/C=C\CCCCC(=O)OCC(COC(=O)CCCCCCCCCCCCCCCC)OC(=O)CCCCCCC/C=C\CCCCCCCCC. The molecule has 0 aliphatic carbocycles. The van der Waals surface area contributed by atoms with Gasteiger partial charge in [-0.25, -0.2) is 0 Å². The van der Waals surface area contributed by atoms with E-state index in [9.17, 15) is 14.4 Å². The van der Waals surface area contributed by atoms with Crippen molar-refractivity contribution in [3.8, 4) is 0 Å². The van der Waals surface area contributed by atoms with Crippen LogP contribution in [0.15, 0.2) is 85.1 Å². The number of hydrogen-bond donors (Lipinski definition) is 0. The van der Waals surface area contributed by atoms with Gasteiger partial charge in [0.2, 0.25) is 0 Å². The predicted octanol–water partition coefficient (Wildman–Crippen LogP) is 19.5. The molecule has 396 valence electrons. The van der Waals surface area contributed by atoms with Gasteiger partial charge in [0.1, 0.15) is 13.2 Å². The van der Waals surface area contributed by atoms with Crippen LogP contribution in [-0.2, 0) is 28.6 Å². The molecule has 0 aliphatic heterocycles. The van der Waals surface area contributed by atoms with Crippen LogP contribution in [0.4, 0.5) is 0 Å². The summed E-state index contributed by atoms with van der Waals surface area (Å²) in [6, 6.07) is 0. The minimum absolute atomic E-state index is 0.0916. The average molecular weight is 962 g/mol. The second kappa shape index (κ2) is 57.2. The van der Waals surface area contributed by atoms with Crippen molar-refractivity contribution < 1.29 is 28.6 Å². The maximum atomic E-state index is 12.9. The van der Waals surface area contributed by atoms with Crippen LogP contribution in [0, 0.1) is 0 Å². The second-order valence-corrected chi connectivity index (χ2v) is 19.2. The average Bonchev–Trinajstić information content (AvgIpc) is 3.35. The Morgan fingerprint density at radius 1 is 0.304 bits per heavy atom. The summed E-state index contributed by atoms with van der Waals surface area (Å²) in [6.45, 7) is 6.50. The smallest absolute Gasteiger partial charge is 0.306 e. The highest BCUT2D eigenvalue weighted by atomic mass is 16.6. The van der Waals surface area contributed by atoms with Gasteiger partial charge in [-0.3, -0.25) is 14.4 Å². The fourth-order valence-corrected chi connectivity index (χ4v) is 8.03. The highest BCUT2D eigenvalue weighted by molar-refractivity contribution is 5.71. The van der Waals surface area contributed by atoms with Crippen molar-refractivity contribution in [3.05, 3.63) is 85.1 Å². The second-order valence-electron chi connectivity index (χ2n) is 19.2. The Morgan fingerprint density at radius 3 is 0.928 bits per heavy atom. The summed E-state index contributed by atoms with van der Waals surface area (Å²) in [5.74, 6) is -0.938. The van der Waals surface area contributed by atoms with Crippen molar-refractivity contribution >= 4 is 17.9 Å². The molecule has 0 fully saturated rings. The van der Waals surface area contributed by atoms with Crippen molar-refractivity contribution in [1.29, 1.82) is 0 Å². The van der Waals surface area contributed by atoms with Gasteiger partial charge in [-0.15, -0.1) is 0 Å². The van der Waals surface area contributed by atoms with Crippen LogP contribution < -0.4 is 0 Å². The summed E-state index contributed by atoms with van der Waals surface area (Å²) in [7, 11) is 0. The van der Waals surface area contributed by atoms with Gasteiger partial charge in [0.05, 0.1) is 0 Å². The lowest BCUT2D eigenvalue weighted by atomic mass is 10.0. The van der Waals surface area contributed by atoms with E-state index in [0.29, 0.717) is 19.3 Å². The lowest BCUT2D eigenvalue weighted by molar-refractivity contribution is -0.167. The Bertz CT molecular complexity index is 1330. The summed E-state index contributed by atoms with van der Waals surface area (Å²) in [5, 5.41) is 0. The molecule has 0 saturated heterocycles. The van der Waals surface area contributed by atoms with E-state index in [1.54, 1.807) is 0 Å². The molecule has 6 heteroatoms. The van der Waals surface area contributed by atoms with E-state index < -0.39 is 6.10 Å². The number of carbonyl (C=O) groups is 3. The predicted molar refractivity (Wildman–Crippen MR) is 297 cm³/mol. The highest BCUT2D eigenvalue weighted by Gasteiger charge is 2.19. The highest BCUT2D eigenvalue weighted by Crippen LogP contribution is 2.15. The van der Waals surface area contributed by atoms with Gasteiger partial charge < -0.3 is 14.2 Å². The molecule has 0 aromatic heterocycles. The monoisotopic (exact) mass is 961 g/mol. The largest absolute Gasteiger partial charge is 0.462 e. The maximum absolute atomic E-state index is 12.9. The summed E-state index contributed by atoms with van der Waals surface area (Å²) < 4.78 is 16.8. The van der Waals surface area contributed by atoms with E-state index in [1.165, 1.54) is 128 Å². The fourth-order valence-electron chi connectivity index (χ4n) is 8.03. The third-order valence-electron chi connectivity index (χ3n) is 12.4. The molecule has 0 N–H and O–H groups in total. The molecule has 6 nitrogen and oxygen atoms in total. The van der Waals surface area contributed by atoms with Gasteiger partial charge in [-0.05, 0) is 96.3 Å². The Hall–Kier alpha value is -3.41. The molecule has 0 bridgehead atoms. The van der Waals surface area contributed by atoms with Crippen LogP contribution in [0.1, 0.15) is 278 Å². The van der Waals surface area contributed by atoms with Crippen LogP contribution in [0.25, 0.3) is 0 Å². The molecule has 0 heterocycles. The van der Waals surface area contributed by atoms with Gasteiger partial charge in [-0.2, -0.15) is 0 Å². The molecule has 69 heavy (non-hydrogen) atoms. The molecular weight excluding hydrogens is 853 g/mol. The third kappa shape index (κ3) is 55.4. The first-order valence-electron chi connectivity index (χ1n) is 29.1. The van der Waals surface area contributed by atoms with Crippen LogP contribution in [0.5, 0.6) is 0 Å². The summed E-state index contributed by atoms with van der Waals surface area (Å²) in [4.78, 5) is 38.2. The lowest BCUT2D eigenvalue weighted by Crippen LogP contribution is -2.30. The van der Waals surface area contributed by atoms with E-state index in [4.69, 9.17) is 14.2 Å². The summed E-state index contributed by atoms with van der Waals surface area (Å²) in [5.41, 5.74) is 0. The van der Waals surface area contributed by atoms with Gasteiger partial charge in [-0.1, -0.05) is 247 Å². The van der Waals surface area contributed by atoms with E-state index >= 15 is 0 Å². The van der Waals surface area contributed by atoms with E-state index in [2.05, 4.69) is 106 Å². The Morgan fingerprint density at radius 2 is 0.565 bits per heavy atom. The first-order chi connectivity index (χ1) is 34.0. The zero-order valence-electron chi connectivity index (χ0n) is 45.3. The molecule has 0 aliphatic rings. The number of unbranched alkanes of at least 4 members (excludes halogenated alkanes) is 27. The number of carbonyl (C=O) groups excluding carboxylic acids is 3. The minimum atomic E-state index is -0.798. The first kappa shape index (κ1) is 65.6. The molecule has 1 unspecified atom stereocenters. The van der Waals surface area contributed by atoms with Crippen LogP contribution in [-0.4, -0.2) is 37.2 Å². The first-order valence-corrected chi connectivity index (χ1v) is 29.1. The van der Waals surface area contributed by atoms with Gasteiger partial charge in [0.25, 0.3) is 0 Å². The lowest BCUT2D eigenvalue weighted by Gasteiger charge is -2.18.